The summed E-state index contributed by atoms with van der Waals surface area (Å²) < 4.78 is 31.4. The van der Waals surface area contributed by atoms with Crippen LogP contribution in [0.25, 0.3) is 0 Å². The summed E-state index contributed by atoms with van der Waals surface area (Å²) in [4.78, 5) is 2.29. The molecule has 1 aliphatic rings. The van der Waals surface area contributed by atoms with E-state index in [9.17, 15) is 8.42 Å². The van der Waals surface area contributed by atoms with Gasteiger partial charge in [0, 0.05) is 19.1 Å². The minimum absolute atomic E-state index is 0.261. The summed E-state index contributed by atoms with van der Waals surface area (Å²) in [6.07, 6.45) is 1.81. The van der Waals surface area contributed by atoms with Crippen LogP contribution in [0.3, 0.4) is 0 Å². The van der Waals surface area contributed by atoms with Crippen molar-refractivity contribution >= 4 is 10.1 Å². The van der Waals surface area contributed by atoms with Crippen LogP contribution in [0, 0.1) is 0 Å². The lowest BCUT2D eigenvalue weighted by Crippen LogP contribution is -2.42. The van der Waals surface area contributed by atoms with Crippen LogP contribution in [0.2, 0.25) is 0 Å². The quantitative estimate of drug-likeness (QED) is 0.634. The summed E-state index contributed by atoms with van der Waals surface area (Å²) >= 11 is 0. The molecule has 1 rings (SSSR count). The van der Waals surface area contributed by atoms with Crippen LogP contribution < -0.4 is 0 Å². The summed E-state index contributed by atoms with van der Waals surface area (Å²) in [6, 6.07) is 0.343. The number of hydrogen-bond donors (Lipinski definition) is 0. The Labute approximate surface area is 91.5 Å². The molecule has 0 aromatic heterocycles. The molecule has 0 aromatic rings. The molecule has 1 unspecified atom stereocenters. The molecular weight excluding hydrogens is 218 g/mol. The van der Waals surface area contributed by atoms with Crippen LogP contribution in [0.1, 0.15) is 13.3 Å². The fourth-order valence-corrected chi connectivity index (χ4v) is 1.97. The molecular formula is C9H19NO4S. The van der Waals surface area contributed by atoms with E-state index >= 15 is 0 Å². The maximum absolute atomic E-state index is 10.7. The Hall–Kier alpha value is -0.170. The first kappa shape index (κ1) is 12.9. The highest BCUT2D eigenvalue weighted by atomic mass is 32.2. The molecule has 0 radical (unpaired) electrons. The van der Waals surface area contributed by atoms with Crippen LogP contribution >= 0.6 is 0 Å². The van der Waals surface area contributed by atoms with E-state index in [4.69, 9.17) is 8.92 Å². The molecule has 5 nitrogen and oxygen atoms in total. The fourth-order valence-electron chi connectivity index (χ4n) is 1.57. The molecule has 1 fully saturated rings. The van der Waals surface area contributed by atoms with Gasteiger partial charge in [0.2, 0.25) is 0 Å². The van der Waals surface area contributed by atoms with Gasteiger partial charge in [0.05, 0.1) is 26.1 Å². The van der Waals surface area contributed by atoms with Gasteiger partial charge in [-0.3, -0.25) is 9.08 Å². The van der Waals surface area contributed by atoms with Gasteiger partial charge in [0.1, 0.15) is 0 Å². The van der Waals surface area contributed by atoms with E-state index in [1.165, 1.54) is 0 Å². The van der Waals surface area contributed by atoms with Crippen molar-refractivity contribution in [3.8, 4) is 0 Å². The smallest absolute Gasteiger partial charge is 0.264 e. The van der Waals surface area contributed by atoms with Crippen LogP contribution in [0.4, 0.5) is 0 Å². The minimum Gasteiger partial charge on any atom is -0.379 e. The number of ether oxygens (including phenoxy) is 1. The van der Waals surface area contributed by atoms with Crippen molar-refractivity contribution in [2.24, 2.45) is 0 Å². The predicted octanol–water partition coefficient (Wildman–Crippen LogP) is 0.0734. The van der Waals surface area contributed by atoms with Crippen molar-refractivity contribution in [2.75, 3.05) is 39.2 Å². The van der Waals surface area contributed by atoms with Gasteiger partial charge >= 0.3 is 0 Å². The third-order valence-corrected chi connectivity index (χ3v) is 3.10. The summed E-state index contributed by atoms with van der Waals surface area (Å²) in [5.41, 5.74) is 0. The maximum Gasteiger partial charge on any atom is 0.264 e. The first-order valence-electron chi connectivity index (χ1n) is 5.15. The molecule has 0 aromatic carbocycles. The van der Waals surface area contributed by atoms with Crippen molar-refractivity contribution in [2.45, 2.75) is 19.4 Å². The third-order valence-electron chi connectivity index (χ3n) is 2.50. The van der Waals surface area contributed by atoms with Crippen molar-refractivity contribution in [3.05, 3.63) is 0 Å². The number of rotatable bonds is 5. The third kappa shape index (κ3) is 5.46. The Morgan fingerprint density at radius 3 is 2.53 bits per heavy atom. The van der Waals surface area contributed by atoms with E-state index in [0.29, 0.717) is 6.04 Å². The highest BCUT2D eigenvalue weighted by molar-refractivity contribution is 7.85. The average Bonchev–Trinajstić information content (AvgIpc) is 2.17. The van der Waals surface area contributed by atoms with Gasteiger partial charge in [0.25, 0.3) is 10.1 Å². The highest BCUT2D eigenvalue weighted by Crippen LogP contribution is 2.07. The zero-order chi connectivity index (χ0) is 11.3. The fraction of sp³-hybridized carbons (Fsp3) is 1.00. The Bertz CT molecular complexity index is 272. The molecule has 0 spiro atoms. The second kappa shape index (κ2) is 5.79. The normalized spacial score (nSPS) is 21.5. The van der Waals surface area contributed by atoms with E-state index in [-0.39, 0.29) is 6.61 Å². The standard InChI is InChI=1S/C9H19NO4S/c1-9(3-6-14-15(2,11)12)10-4-7-13-8-5-10/h9H,3-8H2,1-2H3. The van der Waals surface area contributed by atoms with E-state index < -0.39 is 10.1 Å². The average molecular weight is 237 g/mol. The summed E-state index contributed by atoms with van der Waals surface area (Å²) in [7, 11) is -3.29. The molecule has 0 saturated carbocycles. The van der Waals surface area contributed by atoms with Gasteiger partial charge in [-0.15, -0.1) is 0 Å². The summed E-state index contributed by atoms with van der Waals surface area (Å²) in [5, 5.41) is 0. The molecule has 0 bridgehead atoms. The molecule has 15 heavy (non-hydrogen) atoms. The maximum atomic E-state index is 10.7. The molecule has 1 aliphatic heterocycles. The largest absolute Gasteiger partial charge is 0.379 e. The van der Waals surface area contributed by atoms with E-state index in [1.54, 1.807) is 0 Å². The Morgan fingerprint density at radius 1 is 1.40 bits per heavy atom. The van der Waals surface area contributed by atoms with Gasteiger partial charge < -0.3 is 4.74 Å². The van der Waals surface area contributed by atoms with Gasteiger partial charge in [-0.1, -0.05) is 0 Å². The number of morpholine rings is 1. The number of hydrogen-bond acceptors (Lipinski definition) is 5. The first-order valence-corrected chi connectivity index (χ1v) is 6.97. The topological polar surface area (TPSA) is 55.8 Å². The Balaban J connectivity index is 2.20. The molecule has 0 N–H and O–H groups in total. The van der Waals surface area contributed by atoms with Gasteiger partial charge in [-0.2, -0.15) is 8.42 Å². The SMILES string of the molecule is CC(CCOS(C)(=O)=O)N1CCOCC1. The second-order valence-corrected chi connectivity index (χ2v) is 5.46. The van der Waals surface area contributed by atoms with Crippen molar-refractivity contribution < 1.29 is 17.3 Å². The van der Waals surface area contributed by atoms with Gasteiger partial charge in [-0.05, 0) is 13.3 Å². The molecule has 0 aliphatic carbocycles. The van der Waals surface area contributed by atoms with E-state index in [0.717, 1.165) is 39.0 Å². The number of nitrogens with zero attached hydrogens (tertiary/aromatic N) is 1. The van der Waals surface area contributed by atoms with E-state index in [2.05, 4.69) is 11.8 Å². The van der Waals surface area contributed by atoms with Crippen molar-refractivity contribution in [1.82, 2.24) is 4.90 Å². The lowest BCUT2D eigenvalue weighted by Gasteiger charge is -2.32. The summed E-state index contributed by atoms with van der Waals surface area (Å²) in [5.74, 6) is 0. The lowest BCUT2D eigenvalue weighted by molar-refractivity contribution is 0.0163. The van der Waals surface area contributed by atoms with Crippen molar-refractivity contribution in [1.29, 1.82) is 0 Å². The monoisotopic (exact) mass is 237 g/mol. The molecule has 1 heterocycles. The molecule has 1 saturated heterocycles. The van der Waals surface area contributed by atoms with Gasteiger partial charge in [0.15, 0.2) is 0 Å². The van der Waals surface area contributed by atoms with Crippen LogP contribution in [-0.4, -0.2) is 58.5 Å². The summed E-state index contributed by atoms with van der Waals surface area (Å²) in [6.45, 7) is 5.70. The Kier molecular flexibility index (Phi) is 4.98. The lowest BCUT2D eigenvalue weighted by atomic mass is 10.2. The first-order chi connectivity index (χ1) is 6.99. The van der Waals surface area contributed by atoms with Crippen LogP contribution in [0.5, 0.6) is 0 Å². The predicted molar refractivity (Wildman–Crippen MR) is 57.3 cm³/mol. The molecule has 6 heteroatoms. The highest BCUT2D eigenvalue weighted by Gasteiger charge is 2.17. The Morgan fingerprint density at radius 2 is 2.00 bits per heavy atom. The van der Waals surface area contributed by atoms with Gasteiger partial charge in [-0.25, -0.2) is 0 Å². The van der Waals surface area contributed by atoms with Crippen LogP contribution in [-0.2, 0) is 19.0 Å². The zero-order valence-corrected chi connectivity index (χ0v) is 10.1. The molecule has 0 amide bonds. The van der Waals surface area contributed by atoms with Crippen molar-refractivity contribution in [3.63, 3.8) is 0 Å². The zero-order valence-electron chi connectivity index (χ0n) is 9.31. The van der Waals surface area contributed by atoms with Crippen LogP contribution in [0.15, 0.2) is 0 Å². The molecule has 90 valence electrons. The minimum atomic E-state index is -3.29. The van der Waals surface area contributed by atoms with E-state index in [1.807, 2.05) is 0 Å². The second-order valence-electron chi connectivity index (χ2n) is 3.81. The molecule has 1 atom stereocenters.